The molecule has 0 atom stereocenters. The molecule has 0 amide bonds. The molecule has 1 aromatic heterocycles. The maximum absolute atomic E-state index is 11.7. The van der Waals surface area contributed by atoms with Crippen molar-refractivity contribution in [1.82, 2.24) is 4.98 Å². The summed E-state index contributed by atoms with van der Waals surface area (Å²) in [4.78, 5) is 3.33. The molecule has 0 aliphatic heterocycles. The van der Waals surface area contributed by atoms with Crippen LogP contribution in [0.1, 0.15) is 11.1 Å². The summed E-state index contributed by atoms with van der Waals surface area (Å²) in [6.07, 6.45) is -3.72. The Labute approximate surface area is 77.7 Å². The molecule has 14 heavy (non-hydrogen) atoms. The van der Waals surface area contributed by atoms with Crippen molar-refractivity contribution in [2.24, 2.45) is 0 Å². The third-order valence-electron chi connectivity index (χ3n) is 1.43. The summed E-state index contributed by atoms with van der Waals surface area (Å²) in [6.45, 7) is 1.50. The van der Waals surface area contributed by atoms with Gasteiger partial charge in [0.15, 0.2) is 0 Å². The van der Waals surface area contributed by atoms with E-state index in [4.69, 9.17) is 5.26 Å². The van der Waals surface area contributed by atoms with Crippen molar-refractivity contribution in [2.75, 3.05) is 0 Å². The van der Waals surface area contributed by atoms with Crippen molar-refractivity contribution < 1.29 is 17.9 Å². The van der Waals surface area contributed by atoms with E-state index in [0.29, 0.717) is 5.56 Å². The van der Waals surface area contributed by atoms with E-state index in [1.54, 1.807) is 6.07 Å². The Kier molecular flexibility index (Phi) is 2.60. The van der Waals surface area contributed by atoms with E-state index in [2.05, 4.69) is 9.72 Å². The standard InChI is InChI=1S/C8H5F3N2O/c1-5-2-7(14-8(9,10)11)13-4-6(5)3-12/h2,4H,1H3. The molecule has 0 N–H and O–H groups in total. The number of halogens is 3. The number of alkyl halides is 3. The molecule has 74 valence electrons. The highest BCUT2D eigenvalue weighted by atomic mass is 19.4. The van der Waals surface area contributed by atoms with Crippen molar-refractivity contribution in [3.63, 3.8) is 0 Å². The van der Waals surface area contributed by atoms with Crippen LogP contribution < -0.4 is 4.74 Å². The van der Waals surface area contributed by atoms with E-state index in [-0.39, 0.29) is 5.56 Å². The predicted molar refractivity (Wildman–Crippen MR) is 40.4 cm³/mol. The van der Waals surface area contributed by atoms with Crippen LogP contribution in [0.3, 0.4) is 0 Å². The molecular formula is C8H5F3N2O. The number of rotatable bonds is 1. The first kappa shape index (κ1) is 10.3. The van der Waals surface area contributed by atoms with Crippen LogP contribution in [-0.2, 0) is 0 Å². The molecule has 0 spiro atoms. The molecule has 1 heterocycles. The molecule has 1 aromatic rings. The number of nitrogens with zero attached hydrogens (tertiary/aromatic N) is 2. The lowest BCUT2D eigenvalue weighted by Crippen LogP contribution is -2.18. The predicted octanol–water partition coefficient (Wildman–Crippen LogP) is 2.16. The highest BCUT2D eigenvalue weighted by molar-refractivity contribution is 5.36. The summed E-state index contributed by atoms with van der Waals surface area (Å²) in [5.74, 6) is -0.561. The van der Waals surface area contributed by atoms with Gasteiger partial charge in [-0.15, -0.1) is 13.2 Å². The number of hydrogen-bond donors (Lipinski definition) is 0. The average Bonchev–Trinajstić information content (AvgIpc) is 2.01. The molecule has 0 saturated heterocycles. The maximum Gasteiger partial charge on any atom is 0.574 e. The Hall–Kier alpha value is -1.77. The third-order valence-corrected chi connectivity index (χ3v) is 1.43. The van der Waals surface area contributed by atoms with Crippen LogP contribution in [0.5, 0.6) is 5.88 Å². The second kappa shape index (κ2) is 3.54. The molecule has 0 radical (unpaired) electrons. The lowest BCUT2D eigenvalue weighted by molar-refractivity contribution is -0.276. The topological polar surface area (TPSA) is 45.9 Å². The quantitative estimate of drug-likeness (QED) is 0.700. The minimum Gasteiger partial charge on any atom is -0.388 e. The monoisotopic (exact) mass is 202 g/mol. The maximum atomic E-state index is 11.7. The summed E-state index contributed by atoms with van der Waals surface area (Å²) in [5.41, 5.74) is 0.612. The molecule has 0 aliphatic carbocycles. The van der Waals surface area contributed by atoms with Gasteiger partial charge < -0.3 is 4.74 Å². The van der Waals surface area contributed by atoms with Gasteiger partial charge in [0.2, 0.25) is 5.88 Å². The van der Waals surface area contributed by atoms with Crippen LogP contribution in [0.2, 0.25) is 0 Å². The zero-order valence-corrected chi connectivity index (χ0v) is 7.09. The lowest BCUT2D eigenvalue weighted by Gasteiger charge is -2.08. The summed E-state index contributed by atoms with van der Waals surface area (Å²) in [6, 6.07) is 2.85. The van der Waals surface area contributed by atoms with Crippen LogP contribution in [0, 0.1) is 18.3 Å². The third kappa shape index (κ3) is 2.62. The zero-order chi connectivity index (χ0) is 10.8. The highest BCUT2D eigenvalue weighted by Crippen LogP contribution is 2.21. The van der Waals surface area contributed by atoms with Gasteiger partial charge in [-0.05, 0) is 12.5 Å². The Balaban J connectivity index is 2.94. The van der Waals surface area contributed by atoms with E-state index in [1.807, 2.05) is 0 Å². The molecule has 0 saturated carbocycles. The fourth-order valence-electron chi connectivity index (χ4n) is 0.822. The number of pyridine rings is 1. The van der Waals surface area contributed by atoms with E-state index in [9.17, 15) is 13.2 Å². The Morgan fingerprint density at radius 1 is 1.50 bits per heavy atom. The Morgan fingerprint density at radius 3 is 2.57 bits per heavy atom. The molecule has 0 bridgehead atoms. The van der Waals surface area contributed by atoms with Crippen molar-refractivity contribution in [3.8, 4) is 11.9 Å². The molecule has 0 unspecified atom stereocenters. The average molecular weight is 202 g/mol. The van der Waals surface area contributed by atoms with E-state index in [1.165, 1.54) is 6.92 Å². The second-order valence-corrected chi connectivity index (χ2v) is 2.50. The van der Waals surface area contributed by atoms with Crippen LogP contribution >= 0.6 is 0 Å². The van der Waals surface area contributed by atoms with Crippen molar-refractivity contribution in [2.45, 2.75) is 13.3 Å². The molecular weight excluding hydrogens is 197 g/mol. The number of hydrogen-bond acceptors (Lipinski definition) is 3. The molecule has 0 aliphatic rings. The van der Waals surface area contributed by atoms with E-state index >= 15 is 0 Å². The van der Waals surface area contributed by atoms with Gasteiger partial charge >= 0.3 is 6.36 Å². The summed E-state index contributed by atoms with van der Waals surface area (Å²) in [5, 5.41) is 8.49. The first-order chi connectivity index (χ1) is 6.42. The van der Waals surface area contributed by atoms with Gasteiger partial charge in [-0.2, -0.15) is 5.26 Å². The molecule has 0 fully saturated rings. The summed E-state index contributed by atoms with van der Waals surface area (Å²) < 4.78 is 38.7. The Bertz CT molecular complexity index is 381. The summed E-state index contributed by atoms with van der Waals surface area (Å²) in [7, 11) is 0. The number of nitriles is 1. The fraction of sp³-hybridized carbons (Fsp3) is 0.250. The smallest absolute Gasteiger partial charge is 0.388 e. The van der Waals surface area contributed by atoms with Crippen molar-refractivity contribution in [1.29, 1.82) is 5.26 Å². The molecule has 1 rings (SSSR count). The second-order valence-electron chi connectivity index (χ2n) is 2.50. The van der Waals surface area contributed by atoms with Crippen molar-refractivity contribution >= 4 is 0 Å². The van der Waals surface area contributed by atoms with Gasteiger partial charge in [0, 0.05) is 12.3 Å². The minimum atomic E-state index is -4.76. The van der Waals surface area contributed by atoms with Gasteiger partial charge in [0.1, 0.15) is 6.07 Å². The van der Waals surface area contributed by atoms with Gasteiger partial charge in [-0.1, -0.05) is 0 Å². The molecule has 6 heteroatoms. The van der Waals surface area contributed by atoms with Crippen LogP contribution in [0.4, 0.5) is 13.2 Å². The number of ether oxygens (including phenoxy) is 1. The molecule has 0 aromatic carbocycles. The van der Waals surface area contributed by atoms with Gasteiger partial charge in [-0.25, -0.2) is 4.98 Å². The number of aryl methyl sites for hydroxylation is 1. The van der Waals surface area contributed by atoms with Crippen LogP contribution in [-0.4, -0.2) is 11.3 Å². The SMILES string of the molecule is Cc1cc(OC(F)(F)F)ncc1C#N. The van der Waals surface area contributed by atoms with Crippen LogP contribution in [0.15, 0.2) is 12.3 Å². The van der Waals surface area contributed by atoms with Crippen LogP contribution in [0.25, 0.3) is 0 Å². The van der Waals surface area contributed by atoms with E-state index in [0.717, 1.165) is 12.3 Å². The first-order valence-corrected chi connectivity index (χ1v) is 3.55. The first-order valence-electron chi connectivity index (χ1n) is 3.55. The van der Waals surface area contributed by atoms with Gasteiger partial charge in [0.05, 0.1) is 5.56 Å². The zero-order valence-electron chi connectivity index (χ0n) is 7.09. The largest absolute Gasteiger partial charge is 0.574 e. The summed E-state index contributed by atoms with van der Waals surface area (Å²) >= 11 is 0. The van der Waals surface area contributed by atoms with E-state index < -0.39 is 12.2 Å². The normalized spacial score (nSPS) is 10.8. The lowest BCUT2D eigenvalue weighted by atomic mass is 10.2. The number of aromatic nitrogens is 1. The van der Waals surface area contributed by atoms with Crippen molar-refractivity contribution in [3.05, 3.63) is 23.4 Å². The minimum absolute atomic E-state index is 0.222. The highest BCUT2D eigenvalue weighted by Gasteiger charge is 2.31. The molecule has 3 nitrogen and oxygen atoms in total. The Morgan fingerprint density at radius 2 is 2.14 bits per heavy atom. The van der Waals surface area contributed by atoms with Gasteiger partial charge in [0.25, 0.3) is 0 Å². The van der Waals surface area contributed by atoms with Gasteiger partial charge in [-0.3, -0.25) is 0 Å². The fourth-order valence-corrected chi connectivity index (χ4v) is 0.822.